The number of oxime groups is 1. The van der Waals surface area contributed by atoms with Crippen LogP contribution in [-0.4, -0.2) is 34.0 Å². The summed E-state index contributed by atoms with van der Waals surface area (Å²) in [6, 6.07) is 3.14. The summed E-state index contributed by atoms with van der Waals surface area (Å²) in [5, 5.41) is 22.4. The van der Waals surface area contributed by atoms with E-state index in [2.05, 4.69) is 24.0 Å². The van der Waals surface area contributed by atoms with Crippen LogP contribution in [0.1, 0.15) is 32.4 Å². The van der Waals surface area contributed by atoms with Crippen molar-refractivity contribution in [1.82, 2.24) is 4.98 Å². The summed E-state index contributed by atoms with van der Waals surface area (Å²) in [5.74, 6) is 0.169. The predicted molar refractivity (Wildman–Crippen MR) is 76.2 cm³/mol. The molecule has 0 saturated heterocycles. The average Bonchev–Trinajstić information content (AvgIpc) is 2.46. The smallest absolute Gasteiger partial charge is 0.298 e. The molecule has 0 aromatic carbocycles. The van der Waals surface area contributed by atoms with E-state index in [-0.39, 0.29) is 23.3 Å². The first-order chi connectivity index (χ1) is 9.46. The average molecular weight is 281 g/mol. The van der Waals surface area contributed by atoms with Crippen molar-refractivity contribution in [3.05, 3.63) is 27.9 Å². The minimum atomic E-state index is -0.610. The predicted octanol–water partition coefficient (Wildman–Crippen LogP) is 1.71. The molecule has 0 saturated carbocycles. The lowest BCUT2D eigenvalue weighted by Gasteiger charge is -2.27. The molecule has 1 aromatic heterocycles. The molecule has 0 amide bonds. The molecule has 0 aliphatic carbocycles. The first kappa shape index (κ1) is 15.7. The van der Waals surface area contributed by atoms with Gasteiger partial charge in [0.05, 0.1) is 4.92 Å². The molecular formula is C12H19N5O3. The van der Waals surface area contributed by atoms with E-state index < -0.39 is 4.92 Å². The second kappa shape index (κ2) is 6.69. The fourth-order valence-electron chi connectivity index (χ4n) is 2.04. The van der Waals surface area contributed by atoms with Gasteiger partial charge in [0.2, 0.25) is 0 Å². The van der Waals surface area contributed by atoms with Gasteiger partial charge in [0.15, 0.2) is 11.5 Å². The van der Waals surface area contributed by atoms with Gasteiger partial charge in [0.25, 0.3) is 5.69 Å². The van der Waals surface area contributed by atoms with Crippen molar-refractivity contribution in [1.29, 1.82) is 0 Å². The number of nitrogens with two attached hydrogens (primary N) is 1. The summed E-state index contributed by atoms with van der Waals surface area (Å²) in [5.41, 5.74) is 5.04. The fourth-order valence-corrected chi connectivity index (χ4v) is 2.04. The van der Waals surface area contributed by atoms with Gasteiger partial charge < -0.3 is 15.8 Å². The van der Waals surface area contributed by atoms with Crippen LogP contribution in [-0.2, 0) is 0 Å². The second-order valence-corrected chi connectivity index (χ2v) is 4.36. The number of amidine groups is 1. The zero-order valence-corrected chi connectivity index (χ0v) is 11.8. The molecule has 8 nitrogen and oxygen atoms in total. The maximum atomic E-state index is 10.9. The summed E-state index contributed by atoms with van der Waals surface area (Å²) in [6.07, 6.45) is 1.84. The monoisotopic (exact) mass is 281 g/mol. The van der Waals surface area contributed by atoms with E-state index in [9.17, 15) is 10.1 Å². The molecule has 0 fully saturated rings. The fraction of sp³-hybridized carbons (Fsp3) is 0.500. The largest absolute Gasteiger partial charge is 0.409 e. The molecule has 3 N–H and O–H groups in total. The summed E-state index contributed by atoms with van der Waals surface area (Å²) >= 11 is 0. The van der Waals surface area contributed by atoms with Gasteiger partial charge in [-0.1, -0.05) is 19.0 Å². The first-order valence-electron chi connectivity index (χ1n) is 6.32. The highest BCUT2D eigenvalue weighted by Crippen LogP contribution is 2.23. The highest BCUT2D eigenvalue weighted by atomic mass is 16.6. The Balaban J connectivity index is 3.29. The van der Waals surface area contributed by atoms with Gasteiger partial charge in [-0.2, -0.15) is 0 Å². The lowest BCUT2D eigenvalue weighted by molar-refractivity contribution is -0.385. The van der Waals surface area contributed by atoms with Crippen LogP contribution in [0, 0.1) is 10.1 Å². The third kappa shape index (κ3) is 3.14. The number of pyridine rings is 1. The quantitative estimate of drug-likeness (QED) is 0.269. The van der Waals surface area contributed by atoms with Gasteiger partial charge in [-0.05, 0) is 18.9 Å². The van der Waals surface area contributed by atoms with E-state index in [1.165, 1.54) is 6.07 Å². The maximum Gasteiger partial charge on any atom is 0.298 e. The van der Waals surface area contributed by atoms with Crippen molar-refractivity contribution in [3.8, 4) is 0 Å². The van der Waals surface area contributed by atoms with E-state index in [1.807, 2.05) is 11.9 Å². The van der Waals surface area contributed by atoms with E-state index in [4.69, 9.17) is 10.9 Å². The zero-order valence-electron chi connectivity index (χ0n) is 11.8. The Hall–Kier alpha value is -2.38. The number of rotatable bonds is 6. The Labute approximate surface area is 117 Å². The molecule has 0 aliphatic heterocycles. The lowest BCUT2D eigenvalue weighted by atomic mass is 10.1. The topological polar surface area (TPSA) is 118 Å². The normalized spacial score (nSPS) is 11.7. The van der Waals surface area contributed by atoms with Crippen molar-refractivity contribution < 1.29 is 10.1 Å². The molecule has 0 spiro atoms. The van der Waals surface area contributed by atoms with Crippen molar-refractivity contribution in [2.45, 2.75) is 32.7 Å². The van der Waals surface area contributed by atoms with Crippen molar-refractivity contribution in [2.24, 2.45) is 10.9 Å². The van der Waals surface area contributed by atoms with E-state index in [0.717, 1.165) is 12.8 Å². The molecule has 1 aromatic rings. The molecule has 1 rings (SSSR count). The molecule has 0 bridgehead atoms. The van der Waals surface area contributed by atoms with Crippen LogP contribution in [0.2, 0.25) is 0 Å². The highest BCUT2D eigenvalue weighted by Gasteiger charge is 2.22. The van der Waals surface area contributed by atoms with Crippen molar-refractivity contribution >= 4 is 17.3 Å². The number of nitro groups is 1. The van der Waals surface area contributed by atoms with Gasteiger partial charge in [-0.15, -0.1) is 0 Å². The number of hydrogen-bond acceptors (Lipinski definition) is 6. The number of nitrogens with zero attached hydrogens (tertiary/aromatic N) is 4. The Morgan fingerprint density at radius 2 is 2.15 bits per heavy atom. The Morgan fingerprint density at radius 1 is 1.55 bits per heavy atom. The van der Waals surface area contributed by atoms with Crippen LogP contribution in [0.3, 0.4) is 0 Å². The molecule has 110 valence electrons. The van der Waals surface area contributed by atoms with E-state index in [1.54, 1.807) is 6.07 Å². The third-order valence-corrected chi connectivity index (χ3v) is 3.26. The SMILES string of the molecule is CCC(CC)N(C)c1ccc([N+](=O)[O-])c(/C(N)=N/O)n1. The number of hydrogen-bond donors (Lipinski definition) is 2. The maximum absolute atomic E-state index is 10.9. The van der Waals surface area contributed by atoms with Gasteiger partial charge in [-0.3, -0.25) is 10.1 Å². The van der Waals surface area contributed by atoms with Crippen LogP contribution in [0.15, 0.2) is 17.3 Å². The summed E-state index contributed by atoms with van der Waals surface area (Å²) in [4.78, 5) is 16.4. The Kier molecular flexibility index (Phi) is 5.24. The molecule has 20 heavy (non-hydrogen) atoms. The third-order valence-electron chi connectivity index (χ3n) is 3.26. The van der Waals surface area contributed by atoms with Gasteiger partial charge in [0, 0.05) is 19.2 Å². The summed E-state index contributed by atoms with van der Waals surface area (Å²) in [7, 11) is 1.86. The van der Waals surface area contributed by atoms with Crippen LogP contribution in [0.4, 0.5) is 11.5 Å². The molecule has 0 radical (unpaired) electrons. The van der Waals surface area contributed by atoms with Crippen LogP contribution in [0.25, 0.3) is 0 Å². The van der Waals surface area contributed by atoms with Crippen LogP contribution >= 0.6 is 0 Å². The first-order valence-corrected chi connectivity index (χ1v) is 6.32. The van der Waals surface area contributed by atoms with Crippen LogP contribution in [0.5, 0.6) is 0 Å². The summed E-state index contributed by atoms with van der Waals surface area (Å²) < 4.78 is 0. The number of anilines is 1. The molecular weight excluding hydrogens is 262 g/mol. The lowest BCUT2D eigenvalue weighted by Crippen LogP contribution is -2.31. The second-order valence-electron chi connectivity index (χ2n) is 4.36. The standard InChI is InChI=1S/C12H19N5O3/c1-4-8(5-2)16(3)10-7-6-9(17(19)20)11(14-10)12(13)15-18/h6-8,18H,4-5H2,1-3H3,(H2,13,15). The molecule has 0 unspecified atom stereocenters. The van der Waals surface area contributed by atoms with Crippen LogP contribution < -0.4 is 10.6 Å². The Bertz CT molecular complexity index is 514. The van der Waals surface area contributed by atoms with Gasteiger partial charge in [0.1, 0.15) is 5.82 Å². The van der Waals surface area contributed by atoms with Crippen molar-refractivity contribution in [2.75, 3.05) is 11.9 Å². The zero-order chi connectivity index (χ0) is 15.3. The van der Waals surface area contributed by atoms with Gasteiger partial charge in [-0.25, -0.2) is 4.98 Å². The molecule has 8 heteroatoms. The molecule has 1 heterocycles. The Morgan fingerprint density at radius 3 is 2.60 bits per heavy atom. The minimum Gasteiger partial charge on any atom is -0.409 e. The summed E-state index contributed by atoms with van der Waals surface area (Å²) in [6.45, 7) is 4.11. The van der Waals surface area contributed by atoms with E-state index in [0.29, 0.717) is 5.82 Å². The van der Waals surface area contributed by atoms with Crippen molar-refractivity contribution in [3.63, 3.8) is 0 Å². The minimum absolute atomic E-state index is 0.132. The molecule has 0 atom stereocenters. The van der Waals surface area contributed by atoms with Gasteiger partial charge >= 0.3 is 0 Å². The van der Waals surface area contributed by atoms with E-state index >= 15 is 0 Å². The number of aromatic nitrogens is 1. The highest BCUT2D eigenvalue weighted by molar-refractivity contribution is 5.99. The molecule has 0 aliphatic rings.